The largest absolute Gasteiger partial charge is 0.384 e. The summed E-state index contributed by atoms with van der Waals surface area (Å²) in [5.74, 6) is 0.704. The molecule has 4 rings (SSSR count). The summed E-state index contributed by atoms with van der Waals surface area (Å²) in [5, 5.41) is 2.04. The Bertz CT molecular complexity index is 735. The first-order chi connectivity index (χ1) is 12.3. The number of hydrogen-bond donors (Lipinski definition) is 0. The molecule has 0 spiro atoms. The van der Waals surface area contributed by atoms with Gasteiger partial charge in [-0.1, -0.05) is 0 Å². The Labute approximate surface area is 152 Å². The number of rotatable bonds is 5. The van der Waals surface area contributed by atoms with Gasteiger partial charge in [0, 0.05) is 44.9 Å². The van der Waals surface area contributed by atoms with Crippen LogP contribution in [-0.4, -0.2) is 65.0 Å². The number of aromatic nitrogens is 2. The molecule has 0 aromatic carbocycles. The van der Waals surface area contributed by atoms with E-state index in [0.717, 1.165) is 69.2 Å². The molecular weight excluding hydrogens is 336 g/mol. The lowest BCUT2D eigenvalue weighted by Crippen LogP contribution is -2.36. The molecule has 4 heterocycles. The molecule has 7 heteroatoms. The molecule has 2 aromatic heterocycles. The monoisotopic (exact) mass is 362 g/mol. The summed E-state index contributed by atoms with van der Waals surface area (Å²) in [6, 6.07) is 0. The molecule has 2 aliphatic heterocycles. The third-order valence-corrected chi connectivity index (χ3v) is 6.11. The molecule has 2 saturated heterocycles. The van der Waals surface area contributed by atoms with E-state index in [0.29, 0.717) is 11.6 Å². The predicted molar refractivity (Wildman–Crippen MR) is 98.1 cm³/mol. The molecule has 2 aromatic rings. The van der Waals surface area contributed by atoms with Gasteiger partial charge in [-0.05, 0) is 38.1 Å². The summed E-state index contributed by atoms with van der Waals surface area (Å²) in [6.07, 6.45) is 6.64. The molecule has 0 unspecified atom stereocenters. The Kier molecular flexibility index (Phi) is 5.05. The Morgan fingerprint density at radius 2 is 2.16 bits per heavy atom. The van der Waals surface area contributed by atoms with Crippen molar-refractivity contribution in [2.75, 3.05) is 39.9 Å². The van der Waals surface area contributed by atoms with Crippen molar-refractivity contribution in [1.29, 1.82) is 0 Å². The highest BCUT2D eigenvalue weighted by Gasteiger charge is 2.29. The maximum atomic E-state index is 13.0. The van der Waals surface area contributed by atoms with Crippen LogP contribution in [0.1, 0.15) is 41.9 Å². The van der Waals surface area contributed by atoms with Crippen molar-refractivity contribution in [3.63, 3.8) is 0 Å². The van der Waals surface area contributed by atoms with Crippen molar-refractivity contribution < 1.29 is 9.53 Å². The molecular formula is C18H26N4O2S. The van der Waals surface area contributed by atoms with Gasteiger partial charge in [0.05, 0.1) is 12.3 Å². The number of amides is 1. The second-order valence-electron chi connectivity index (χ2n) is 7.16. The van der Waals surface area contributed by atoms with E-state index in [4.69, 9.17) is 4.74 Å². The number of carbonyl (C=O) groups is 1. The molecule has 2 fully saturated rings. The van der Waals surface area contributed by atoms with E-state index in [1.54, 1.807) is 18.4 Å². The van der Waals surface area contributed by atoms with E-state index in [1.807, 2.05) is 16.5 Å². The van der Waals surface area contributed by atoms with Gasteiger partial charge in [0.25, 0.3) is 5.91 Å². The lowest BCUT2D eigenvalue weighted by atomic mass is 10.1. The molecule has 2 aliphatic rings. The number of hydrogen-bond acceptors (Lipinski definition) is 5. The summed E-state index contributed by atoms with van der Waals surface area (Å²) in [4.78, 5) is 23.1. The Balaban J connectivity index is 1.56. The van der Waals surface area contributed by atoms with E-state index < -0.39 is 0 Å². The molecule has 0 N–H and O–H groups in total. The van der Waals surface area contributed by atoms with Gasteiger partial charge in [-0.25, -0.2) is 4.98 Å². The van der Waals surface area contributed by atoms with Gasteiger partial charge in [0.15, 0.2) is 10.7 Å². The number of fused-ring (bicyclic) bond motifs is 1. The molecule has 1 atom stereocenters. The fourth-order valence-electron chi connectivity index (χ4n) is 4.04. The van der Waals surface area contributed by atoms with Gasteiger partial charge in [-0.3, -0.25) is 14.1 Å². The summed E-state index contributed by atoms with van der Waals surface area (Å²) in [7, 11) is 1.77. The van der Waals surface area contributed by atoms with Gasteiger partial charge in [-0.2, -0.15) is 0 Å². The Hall–Kier alpha value is -1.44. The lowest BCUT2D eigenvalue weighted by molar-refractivity contribution is 0.0716. The maximum absolute atomic E-state index is 13.0. The van der Waals surface area contributed by atoms with E-state index >= 15 is 0 Å². The number of likely N-dealkylation sites (tertiary alicyclic amines) is 2. The zero-order valence-electron chi connectivity index (χ0n) is 14.8. The van der Waals surface area contributed by atoms with Crippen LogP contribution in [-0.2, 0) is 11.3 Å². The van der Waals surface area contributed by atoms with Crippen LogP contribution in [0.4, 0.5) is 0 Å². The van der Waals surface area contributed by atoms with E-state index in [-0.39, 0.29) is 5.91 Å². The first-order valence-corrected chi connectivity index (χ1v) is 10.1. The van der Waals surface area contributed by atoms with Gasteiger partial charge in [0.1, 0.15) is 0 Å². The highest BCUT2D eigenvalue weighted by Crippen LogP contribution is 2.25. The second kappa shape index (κ2) is 7.43. The number of imidazole rings is 1. The average Bonchev–Trinajstić information content (AvgIpc) is 3.33. The molecule has 136 valence electrons. The highest BCUT2D eigenvalue weighted by molar-refractivity contribution is 7.15. The second-order valence-corrected chi connectivity index (χ2v) is 8.03. The van der Waals surface area contributed by atoms with Gasteiger partial charge in [-0.15, -0.1) is 11.3 Å². The van der Waals surface area contributed by atoms with Gasteiger partial charge >= 0.3 is 0 Å². The number of thiazole rings is 1. The van der Waals surface area contributed by atoms with Gasteiger partial charge in [0.2, 0.25) is 0 Å². The fraction of sp³-hybridized carbons (Fsp3) is 0.667. The van der Waals surface area contributed by atoms with Crippen molar-refractivity contribution in [3.8, 4) is 0 Å². The van der Waals surface area contributed by atoms with Crippen LogP contribution in [0.15, 0.2) is 11.6 Å². The minimum Gasteiger partial charge on any atom is -0.384 e. The van der Waals surface area contributed by atoms with Crippen LogP contribution >= 0.6 is 11.3 Å². The summed E-state index contributed by atoms with van der Waals surface area (Å²) in [5.41, 5.74) is 1.70. The Morgan fingerprint density at radius 3 is 2.96 bits per heavy atom. The topological polar surface area (TPSA) is 50.1 Å². The fourth-order valence-corrected chi connectivity index (χ4v) is 4.77. The van der Waals surface area contributed by atoms with Crippen LogP contribution < -0.4 is 0 Å². The van der Waals surface area contributed by atoms with Crippen molar-refractivity contribution in [1.82, 2.24) is 19.2 Å². The molecule has 0 aliphatic carbocycles. The first kappa shape index (κ1) is 17.0. The number of ether oxygens (including phenoxy) is 1. The number of carbonyl (C=O) groups excluding carboxylic acids is 1. The normalized spacial score (nSPS) is 22.1. The predicted octanol–water partition coefficient (Wildman–Crippen LogP) is 2.49. The van der Waals surface area contributed by atoms with Crippen LogP contribution in [0.5, 0.6) is 0 Å². The van der Waals surface area contributed by atoms with Crippen molar-refractivity contribution in [3.05, 3.63) is 23.0 Å². The van der Waals surface area contributed by atoms with Crippen LogP contribution in [0, 0.1) is 5.92 Å². The van der Waals surface area contributed by atoms with Crippen molar-refractivity contribution in [2.45, 2.75) is 32.2 Å². The smallest absolute Gasteiger partial charge is 0.274 e. The van der Waals surface area contributed by atoms with Crippen molar-refractivity contribution >= 4 is 22.2 Å². The van der Waals surface area contributed by atoms with E-state index in [9.17, 15) is 4.79 Å². The third-order valence-electron chi connectivity index (χ3n) is 5.35. The van der Waals surface area contributed by atoms with E-state index in [1.165, 1.54) is 6.42 Å². The molecule has 0 saturated carbocycles. The maximum Gasteiger partial charge on any atom is 0.274 e. The lowest BCUT2D eigenvalue weighted by Gasteiger charge is -2.26. The molecule has 6 nitrogen and oxygen atoms in total. The van der Waals surface area contributed by atoms with Crippen LogP contribution in [0.25, 0.3) is 4.96 Å². The molecule has 1 amide bonds. The summed E-state index contributed by atoms with van der Waals surface area (Å²) in [6.45, 7) is 5.42. The average molecular weight is 362 g/mol. The third kappa shape index (κ3) is 3.45. The minimum atomic E-state index is 0.109. The van der Waals surface area contributed by atoms with Crippen LogP contribution in [0.3, 0.4) is 0 Å². The quantitative estimate of drug-likeness (QED) is 0.820. The van der Waals surface area contributed by atoms with Crippen molar-refractivity contribution in [2.24, 2.45) is 5.92 Å². The molecule has 0 bridgehead atoms. The van der Waals surface area contributed by atoms with Gasteiger partial charge < -0.3 is 9.64 Å². The minimum absolute atomic E-state index is 0.109. The van der Waals surface area contributed by atoms with Crippen LogP contribution in [0.2, 0.25) is 0 Å². The number of methoxy groups -OCH3 is 1. The standard InChI is InChI=1S/C18H26N4O2S/c1-24-13-14-5-8-20(11-14)12-15-16(19-18-22(15)9-10-25-18)17(23)21-6-3-2-4-7-21/h9-10,14H,2-8,11-13H2,1H3/t14-/m1/s1. The van der Waals surface area contributed by atoms with E-state index in [2.05, 4.69) is 14.3 Å². The zero-order chi connectivity index (χ0) is 17.2. The number of nitrogens with zero attached hydrogens (tertiary/aromatic N) is 4. The SMILES string of the molecule is COC[C@@H]1CCN(Cc2c(C(=O)N3CCCCC3)nc3sccn23)C1. The first-order valence-electron chi connectivity index (χ1n) is 9.21. The summed E-state index contributed by atoms with van der Waals surface area (Å²) >= 11 is 1.60. The molecule has 25 heavy (non-hydrogen) atoms. The molecule has 0 radical (unpaired) electrons. The number of piperidine rings is 1. The zero-order valence-corrected chi connectivity index (χ0v) is 15.6. The Morgan fingerprint density at radius 1 is 1.32 bits per heavy atom. The highest BCUT2D eigenvalue weighted by atomic mass is 32.1. The summed E-state index contributed by atoms with van der Waals surface area (Å²) < 4.78 is 7.41.